The molecule has 1 atom stereocenters. The fourth-order valence-corrected chi connectivity index (χ4v) is 2.94. The maximum atomic E-state index is 12.4. The summed E-state index contributed by atoms with van der Waals surface area (Å²) >= 11 is 0. The van der Waals surface area contributed by atoms with Crippen LogP contribution < -0.4 is 10.5 Å². The average molecular weight is 305 g/mol. The number of nitrogens with two attached hydrogens (primary N) is 1. The first-order chi connectivity index (χ1) is 9.92. The second kappa shape index (κ2) is 6.24. The number of sulfonamides is 1. The third kappa shape index (κ3) is 3.80. The van der Waals surface area contributed by atoms with E-state index in [0.717, 1.165) is 17.5 Å². The molecule has 0 saturated carbocycles. The number of nitrogens with one attached hydrogen (secondary N) is 1. The van der Waals surface area contributed by atoms with Gasteiger partial charge in [0, 0.05) is 12.2 Å². The summed E-state index contributed by atoms with van der Waals surface area (Å²) < 4.78 is 27.2. The fraction of sp³-hybridized carbons (Fsp3) is 0.267. The van der Waals surface area contributed by atoms with Gasteiger partial charge in [-0.1, -0.05) is 25.1 Å². The molecular weight excluding hydrogens is 286 g/mol. The zero-order valence-electron chi connectivity index (χ0n) is 12.1. The summed E-state index contributed by atoms with van der Waals surface area (Å²) in [5, 5.41) is 0. The molecular formula is C15H19N3O2S. The van der Waals surface area contributed by atoms with Crippen molar-refractivity contribution in [1.82, 2.24) is 4.98 Å². The lowest BCUT2D eigenvalue weighted by atomic mass is 10.1. The summed E-state index contributed by atoms with van der Waals surface area (Å²) in [6.07, 6.45) is 2.36. The number of aromatic nitrogens is 1. The Hall–Kier alpha value is -1.92. The molecule has 2 rings (SSSR count). The quantitative estimate of drug-likeness (QED) is 0.889. The summed E-state index contributed by atoms with van der Waals surface area (Å²) in [5.74, 6) is 0.297. The smallest absolute Gasteiger partial charge is 0.263 e. The van der Waals surface area contributed by atoms with Crippen LogP contribution in [0.1, 0.15) is 30.5 Å². The molecule has 0 aliphatic carbocycles. The molecule has 0 amide bonds. The second-order valence-corrected chi connectivity index (χ2v) is 6.60. The van der Waals surface area contributed by atoms with Crippen molar-refractivity contribution >= 4 is 15.8 Å². The highest BCUT2D eigenvalue weighted by Gasteiger charge is 2.16. The Bertz CT molecular complexity index is 712. The monoisotopic (exact) mass is 305 g/mol. The Morgan fingerprint density at radius 1 is 1.29 bits per heavy atom. The second-order valence-electron chi connectivity index (χ2n) is 4.91. The number of hydrogen-bond acceptors (Lipinski definition) is 4. The Morgan fingerprint density at radius 2 is 2.05 bits per heavy atom. The molecule has 0 spiro atoms. The van der Waals surface area contributed by atoms with Gasteiger partial charge >= 0.3 is 0 Å². The summed E-state index contributed by atoms with van der Waals surface area (Å²) in [5.41, 5.74) is 7.72. The molecule has 1 heterocycles. The zero-order chi connectivity index (χ0) is 15.5. The van der Waals surface area contributed by atoms with Crippen LogP contribution in [0.4, 0.5) is 5.82 Å². The number of anilines is 1. The molecule has 112 valence electrons. The molecule has 0 aliphatic heterocycles. The fourth-order valence-electron chi connectivity index (χ4n) is 1.87. The molecule has 5 nitrogen and oxygen atoms in total. The zero-order valence-corrected chi connectivity index (χ0v) is 12.9. The van der Waals surface area contributed by atoms with Crippen LogP contribution in [0.25, 0.3) is 0 Å². The third-order valence-electron chi connectivity index (χ3n) is 3.19. The molecule has 0 bridgehead atoms. The van der Waals surface area contributed by atoms with Crippen LogP contribution in [0, 0.1) is 6.92 Å². The van der Waals surface area contributed by atoms with Gasteiger partial charge in [-0.15, -0.1) is 0 Å². The first-order valence-electron chi connectivity index (χ1n) is 6.73. The minimum Gasteiger partial charge on any atom is -0.324 e. The van der Waals surface area contributed by atoms with Crippen LogP contribution in [-0.2, 0) is 10.0 Å². The Labute approximate surface area is 125 Å². The Morgan fingerprint density at radius 3 is 2.67 bits per heavy atom. The van der Waals surface area contributed by atoms with E-state index in [4.69, 9.17) is 5.73 Å². The van der Waals surface area contributed by atoms with E-state index in [9.17, 15) is 8.42 Å². The van der Waals surface area contributed by atoms with Crippen molar-refractivity contribution < 1.29 is 8.42 Å². The lowest BCUT2D eigenvalue weighted by Gasteiger charge is -2.12. The predicted octanol–water partition coefficient (Wildman–Crippen LogP) is 2.60. The van der Waals surface area contributed by atoms with E-state index in [1.54, 1.807) is 36.5 Å². The van der Waals surface area contributed by atoms with Crippen molar-refractivity contribution in [3.05, 3.63) is 53.7 Å². The molecule has 1 unspecified atom stereocenters. The molecule has 1 aromatic carbocycles. The number of pyridine rings is 1. The Kier molecular flexibility index (Phi) is 4.59. The maximum absolute atomic E-state index is 12.4. The van der Waals surface area contributed by atoms with Crippen LogP contribution >= 0.6 is 0 Å². The van der Waals surface area contributed by atoms with Crippen molar-refractivity contribution in [2.75, 3.05) is 4.72 Å². The normalized spacial score (nSPS) is 12.9. The summed E-state index contributed by atoms with van der Waals surface area (Å²) in [7, 11) is -3.66. The van der Waals surface area contributed by atoms with Crippen molar-refractivity contribution in [2.45, 2.75) is 31.2 Å². The van der Waals surface area contributed by atoms with E-state index in [1.807, 2.05) is 19.9 Å². The highest BCUT2D eigenvalue weighted by molar-refractivity contribution is 7.92. The average Bonchev–Trinajstić information content (AvgIpc) is 2.49. The largest absolute Gasteiger partial charge is 0.324 e. The number of hydrogen-bond donors (Lipinski definition) is 2. The van der Waals surface area contributed by atoms with Crippen LogP contribution in [0.3, 0.4) is 0 Å². The molecule has 2 aromatic rings. The highest BCUT2D eigenvalue weighted by atomic mass is 32.2. The molecule has 21 heavy (non-hydrogen) atoms. The van der Waals surface area contributed by atoms with E-state index in [0.29, 0.717) is 5.82 Å². The lowest BCUT2D eigenvalue weighted by molar-refractivity contribution is 0.600. The first kappa shape index (κ1) is 15.5. The molecule has 0 radical (unpaired) electrons. The molecule has 0 saturated heterocycles. The van der Waals surface area contributed by atoms with Gasteiger partial charge in [-0.05, 0) is 42.7 Å². The molecule has 0 fully saturated rings. The van der Waals surface area contributed by atoms with Gasteiger partial charge in [0.05, 0.1) is 4.90 Å². The number of nitrogens with zero attached hydrogens (tertiary/aromatic N) is 1. The standard InChI is InChI=1S/C15H19N3O2S/c1-3-14(16)12-5-4-6-13(9-12)21(19,20)18-15-8-7-11(2)10-17-15/h4-10,14H,3,16H2,1-2H3,(H,17,18). The van der Waals surface area contributed by atoms with Crippen LogP contribution in [0.2, 0.25) is 0 Å². The minimum atomic E-state index is -3.66. The third-order valence-corrected chi connectivity index (χ3v) is 4.54. The molecule has 3 N–H and O–H groups in total. The number of aryl methyl sites for hydroxylation is 1. The number of benzene rings is 1. The van der Waals surface area contributed by atoms with Crippen LogP contribution in [0.5, 0.6) is 0 Å². The van der Waals surface area contributed by atoms with Gasteiger partial charge in [-0.25, -0.2) is 13.4 Å². The van der Waals surface area contributed by atoms with E-state index < -0.39 is 10.0 Å². The van der Waals surface area contributed by atoms with E-state index in [2.05, 4.69) is 9.71 Å². The van der Waals surface area contributed by atoms with Crippen molar-refractivity contribution in [3.8, 4) is 0 Å². The molecule has 0 aliphatic rings. The van der Waals surface area contributed by atoms with Gasteiger partial charge in [0.15, 0.2) is 0 Å². The van der Waals surface area contributed by atoms with Crippen LogP contribution in [-0.4, -0.2) is 13.4 Å². The highest BCUT2D eigenvalue weighted by Crippen LogP contribution is 2.20. The van der Waals surface area contributed by atoms with Gasteiger partial charge in [-0.3, -0.25) is 4.72 Å². The van der Waals surface area contributed by atoms with Crippen LogP contribution in [0.15, 0.2) is 47.5 Å². The minimum absolute atomic E-state index is 0.169. The van der Waals surface area contributed by atoms with Crippen molar-refractivity contribution in [3.63, 3.8) is 0 Å². The van der Waals surface area contributed by atoms with Gasteiger partial charge in [0.1, 0.15) is 5.82 Å². The lowest BCUT2D eigenvalue weighted by Crippen LogP contribution is -2.15. The predicted molar refractivity (Wildman–Crippen MR) is 83.4 cm³/mol. The van der Waals surface area contributed by atoms with E-state index in [-0.39, 0.29) is 10.9 Å². The Balaban J connectivity index is 2.29. The number of rotatable bonds is 5. The van der Waals surface area contributed by atoms with Crippen molar-refractivity contribution in [2.24, 2.45) is 5.73 Å². The summed E-state index contributed by atoms with van der Waals surface area (Å²) in [6.45, 7) is 3.85. The van der Waals surface area contributed by atoms with Gasteiger partial charge in [0.25, 0.3) is 10.0 Å². The summed E-state index contributed by atoms with van der Waals surface area (Å²) in [6, 6.07) is 9.94. The first-order valence-corrected chi connectivity index (χ1v) is 8.21. The summed E-state index contributed by atoms with van der Waals surface area (Å²) in [4.78, 5) is 4.23. The maximum Gasteiger partial charge on any atom is 0.263 e. The van der Waals surface area contributed by atoms with Gasteiger partial charge in [0.2, 0.25) is 0 Å². The van der Waals surface area contributed by atoms with E-state index >= 15 is 0 Å². The van der Waals surface area contributed by atoms with Gasteiger partial charge in [-0.2, -0.15) is 0 Å². The topological polar surface area (TPSA) is 85.1 Å². The molecule has 1 aromatic heterocycles. The van der Waals surface area contributed by atoms with E-state index in [1.165, 1.54) is 0 Å². The van der Waals surface area contributed by atoms with Crippen molar-refractivity contribution in [1.29, 1.82) is 0 Å². The van der Waals surface area contributed by atoms with Gasteiger partial charge < -0.3 is 5.73 Å². The SMILES string of the molecule is CCC(N)c1cccc(S(=O)(=O)Nc2ccc(C)cn2)c1. The molecule has 6 heteroatoms.